The van der Waals surface area contributed by atoms with Crippen LogP contribution < -0.4 is 0 Å². The van der Waals surface area contributed by atoms with E-state index in [1.807, 2.05) is 0 Å². The van der Waals surface area contributed by atoms with E-state index >= 15 is 0 Å². The Hall–Kier alpha value is 0.110. The standard InChI is InChI=1S/C16H34O2S/c1-3-5-7-9-10-12-14-16(15-19(17)18)13-11-8-6-4-2/h16H,3-15H2,1-2H3,(H,17,18). The second-order valence-corrected chi connectivity index (χ2v) is 6.74. The molecule has 2 atom stereocenters. The molecule has 3 heteroatoms. The summed E-state index contributed by atoms with van der Waals surface area (Å²) < 4.78 is 20.1. The van der Waals surface area contributed by atoms with Crippen molar-refractivity contribution in [2.45, 2.75) is 90.9 Å². The molecule has 0 fully saturated rings. The van der Waals surface area contributed by atoms with E-state index < -0.39 is 11.1 Å². The summed E-state index contributed by atoms with van der Waals surface area (Å²) in [6.45, 7) is 4.46. The Bertz CT molecular complexity index is 207. The molecule has 0 aliphatic heterocycles. The van der Waals surface area contributed by atoms with Gasteiger partial charge in [-0.3, -0.25) is 0 Å². The summed E-state index contributed by atoms with van der Waals surface area (Å²) in [5.41, 5.74) is 0. The van der Waals surface area contributed by atoms with Gasteiger partial charge in [-0.05, 0) is 18.8 Å². The summed E-state index contributed by atoms with van der Waals surface area (Å²) in [6, 6.07) is 0. The van der Waals surface area contributed by atoms with E-state index in [-0.39, 0.29) is 0 Å². The maximum Gasteiger partial charge on any atom is 0.153 e. The van der Waals surface area contributed by atoms with Crippen LogP contribution in [0.3, 0.4) is 0 Å². The molecule has 0 aromatic carbocycles. The molecular weight excluding hydrogens is 256 g/mol. The van der Waals surface area contributed by atoms with Gasteiger partial charge in [0.1, 0.15) is 0 Å². The molecule has 0 radical (unpaired) electrons. The van der Waals surface area contributed by atoms with Gasteiger partial charge in [0.2, 0.25) is 0 Å². The number of rotatable bonds is 14. The van der Waals surface area contributed by atoms with Crippen LogP contribution in [0, 0.1) is 5.92 Å². The van der Waals surface area contributed by atoms with Gasteiger partial charge < -0.3 is 4.55 Å². The lowest BCUT2D eigenvalue weighted by Crippen LogP contribution is -2.11. The smallest absolute Gasteiger partial charge is 0.153 e. The van der Waals surface area contributed by atoms with Gasteiger partial charge in [0.15, 0.2) is 11.1 Å². The van der Waals surface area contributed by atoms with Gasteiger partial charge in [-0.1, -0.05) is 78.1 Å². The molecule has 2 unspecified atom stereocenters. The molecule has 0 heterocycles. The molecule has 19 heavy (non-hydrogen) atoms. The van der Waals surface area contributed by atoms with Crippen LogP contribution in [0.5, 0.6) is 0 Å². The third-order valence-corrected chi connectivity index (χ3v) is 4.57. The minimum absolute atomic E-state index is 0.467. The largest absolute Gasteiger partial charge is 0.306 e. The first-order valence-electron chi connectivity index (χ1n) is 8.28. The highest BCUT2D eigenvalue weighted by molar-refractivity contribution is 7.79. The van der Waals surface area contributed by atoms with Crippen LogP contribution in [0.25, 0.3) is 0 Å². The Kier molecular flexibility index (Phi) is 14.6. The minimum atomic E-state index is -1.61. The average molecular weight is 291 g/mol. The quantitative estimate of drug-likeness (QED) is 0.336. The van der Waals surface area contributed by atoms with Gasteiger partial charge in [0.25, 0.3) is 0 Å². The fraction of sp³-hybridized carbons (Fsp3) is 1.00. The molecule has 1 N–H and O–H groups in total. The van der Waals surface area contributed by atoms with Crippen molar-refractivity contribution in [2.75, 3.05) is 5.75 Å². The second kappa shape index (κ2) is 14.5. The molecule has 0 saturated carbocycles. The van der Waals surface area contributed by atoms with Crippen LogP contribution in [0.2, 0.25) is 0 Å². The van der Waals surface area contributed by atoms with Crippen molar-refractivity contribution in [3.8, 4) is 0 Å². The van der Waals surface area contributed by atoms with E-state index in [2.05, 4.69) is 13.8 Å². The lowest BCUT2D eigenvalue weighted by Gasteiger charge is -2.14. The van der Waals surface area contributed by atoms with Gasteiger partial charge in [-0.25, -0.2) is 4.21 Å². The van der Waals surface area contributed by atoms with Crippen molar-refractivity contribution < 1.29 is 8.76 Å². The summed E-state index contributed by atoms with van der Waals surface area (Å²) in [7, 11) is 0. The molecule has 0 spiro atoms. The zero-order valence-corrected chi connectivity index (χ0v) is 13.8. The lowest BCUT2D eigenvalue weighted by molar-refractivity contribution is 0.428. The molecular formula is C16H34O2S. The van der Waals surface area contributed by atoms with Crippen LogP contribution in [0.4, 0.5) is 0 Å². The first kappa shape index (κ1) is 19.1. The predicted octanol–water partition coefficient (Wildman–Crippen LogP) is 5.55. The normalized spacial score (nSPS) is 14.5. The van der Waals surface area contributed by atoms with E-state index in [0.717, 1.165) is 12.8 Å². The summed E-state index contributed by atoms with van der Waals surface area (Å²) in [5.74, 6) is 0.954. The van der Waals surface area contributed by atoms with E-state index in [0.29, 0.717) is 11.7 Å². The fourth-order valence-corrected chi connectivity index (χ4v) is 3.32. The summed E-state index contributed by atoms with van der Waals surface area (Å²) >= 11 is -1.61. The molecule has 2 nitrogen and oxygen atoms in total. The van der Waals surface area contributed by atoms with Crippen molar-refractivity contribution in [3.63, 3.8) is 0 Å². The van der Waals surface area contributed by atoms with Crippen molar-refractivity contribution >= 4 is 11.1 Å². The van der Waals surface area contributed by atoms with Gasteiger partial charge in [-0.2, -0.15) is 0 Å². The summed E-state index contributed by atoms with van der Waals surface area (Å²) in [6.07, 6.45) is 15.2. The topological polar surface area (TPSA) is 37.3 Å². The molecule has 0 aliphatic carbocycles. The molecule has 0 aliphatic rings. The van der Waals surface area contributed by atoms with Gasteiger partial charge in [0, 0.05) is 0 Å². The van der Waals surface area contributed by atoms with Crippen molar-refractivity contribution in [3.05, 3.63) is 0 Å². The Labute approximate surface area is 123 Å². The van der Waals surface area contributed by atoms with E-state index in [1.165, 1.54) is 64.2 Å². The van der Waals surface area contributed by atoms with Crippen LogP contribution >= 0.6 is 0 Å². The van der Waals surface area contributed by atoms with Crippen molar-refractivity contribution in [2.24, 2.45) is 5.92 Å². The highest BCUT2D eigenvalue weighted by atomic mass is 32.2. The van der Waals surface area contributed by atoms with Crippen LogP contribution in [-0.4, -0.2) is 14.5 Å². The molecule has 0 bridgehead atoms. The Morgan fingerprint density at radius 1 is 0.789 bits per heavy atom. The molecule has 0 aromatic heterocycles. The van der Waals surface area contributed by atoms with Gasteiger partial charge >= 0.3 is 0 Å². The first-order valence-corrected chi connectivity index (χ1v) is 9.55. The number of hydrogen-bond acceptors (Lipinski definition) is 1. The SMILES string of the molecule is CCCCCCCCC(CCCCCC)CS(=O)O. The molecule has 0 saturated heterocycles. The van der Waals surface area contributed by atoms with Crippen molar-refractivity contribution in [1.29, 1.82) is 0 Å². The highest BCUT2D eigenvalue weighted by Crippen LogP contribution is 2.19. The van der Waals surface area contributed by atoms with E-state index in [1.54, 1.807) is 0 Å². The highest BCUT2D eigenvalue weighted by Gasteiger charge is 2.11. The summed E-state index contributed by atoms with van der Waals surface area (Å²) in [4.78, 5) is 0. The molecule has 0 amide bonds. The monoisotopic (exact) mass is 290 g/mol. The Morgan fingerprint density at radius 3 is 1.68 bits per heavy atom. The van der Waals surface area contributed by atoms with Crippen LogP contribution in [-0.2, 0) is 11.1 Å². The fourth-order valence-electron chi connectivity index (χ4n) is 2.59. The number of hydrogen-bond donors (Lipinski definition) is 1. The predicted molar refractivity (Wildman–Crippen MR) is 85.9 cm³/mol. The maximum atomic E-state index is 11.0. The first-order chi connectivity index (χ1) is 9.20. The molecule has 116 valence electrons. The van der Waals surface area contributed by atoms with Crippen LogP contribution in [0.15, 0.2) is 0 Å². The third-order valence-electron chi connectivity index (χ3n) is 3.81. The van der Waals surface area contributed by atoms with Gasteiger partial charge in [-0.15, -0.1) is 0 Å². The second-order valence-electron chi connectivity index (χ2n) is 5.76. The molecule has 0 rings (SSSR count). The summed E-state index contributed by atoms with van der Waals surface area (Å²) in [5, 5.41) is 0. The lowest BCUT2D eigenvalue weighted by atomic mass is 9.96. The van der Waals surface area contributed by atoms with Gasteiger partial charge in [0.05, 0.1) is 5.75 Å². The zero-order valence-electron chi connectivity index (χ0n) is 13.0. The zero-order chi connectivity index (χ0) is 14.3. The molecule has 0 aromatic rings. The third kappa shape index (κ3) is 14.3. The Balaban J connectivity index is 3.64. The minimum Gasteiger partial charge on any atom is -0.306 e. The average Bonchev–Trinajstić information content (AvgIpc) is 2.37. The van der Waals surface area contributed by atoms with E-state index in [4.69, 9.17) is 4.55 Å². The van der Waals surface area contributed by atoms with Crippen molar-refractivity contribution in [1.82, 2.24) is 0 Å². The number of unbranched alkanes of at least 4 members (excludes halogenated alkanes) is 8. The van der Waals surface area contributed by atoms with E-state index in [9.17, 15) is 4.21 Å². The maximum absolute atomic E-state index is 11.0. The Morgan fingerprint density at radius 2 is 1.21 bits per heavy atom. The van der Waals surface area contributed by atoms with Crippen LogP contribution in [0.1, 0.15) is 90.9 Å².